The van der Waals surface area contributed by atoms with E-state index >= 15 is 0 Å². The number of esters is 1. The van der Waals surface area contributed by atoms with Crippen LogP contribution in [-0.2, 0) is 22.6 Å². The fourth-order valence-electron chi connectivity index (χ4n) is 1.85. The number of hydrogen-bond acceptors (Lipinski definition) is 6. The van der Waals surface area contributed by atoms with Crippen molar-refractivity contribution in [1.29, 1.82) is 0 Å². The van der Waals surface area contributed by atoms with Gasteiger partial charge >= 0.3 is 5.97 Å². The quantitative estimate of drug-likeness (QED) is 0.784. The van der Waals surface area contributed by atoms with Gasteiger partial charge in [-0.2, -0.15) is 0 Å². The maximum atomic E-state index is 11.5. The van der Waals surface area contributed by atoms with Crippen molar-refractivity contribution in [3.63, 3.8) is 0 Å². The standard InChI is InChI=1S/C15H17ClN2O3S/c1-2-20-14(19)13(17)7-10-4-3-5-11(6-10)21-9-12-8-18-15(16)22-12/h3-6,8,13H,2,7,9,17H2,1H3. The minimum Gasteiger partial charge on any atom is -0.488 e. The largest absolute Gasteiger partial charge is 0.488 e. The van der Waals surface area contributed by atoms with Crippen LogP contribution in [0.2, 0.25) is 4.47 Å². The molecule has 22 heavy (non-hydrogen) atoms. The second kappa shape index (κ2) is 8.12. The van der Waals surface area contributed by atoms with Gasteiger partial charge in [-0.3, -0.25) is 4.79 Å². The lowest BCUT2D eigenvalue weighted by Crippen LogP contribution is -2.34. The number of thiazole rings is 1. The molecule has 1 heterocycles. The summed E-state index contributed by atoms with van der Waals surface area (Å²) in [5.41, 5.74) is 6.73. The number of ether oxygens (including phenoxy) is 2. The van der Waals surface area contributed by atoms with Crippen LogP contribution in [0.15, 0.2) is 30.5 Å². The van der Waals surface area contributed by atoms with E-state index in [2.05, 4.69) is 4.98 Å². The van der Waals surface area contributed by atoms with E-state index in [0.29, 0.717) is 29.9 Å². The van der Waals surface area contributed by atoms with Crippen molar-refractivity contribution in [2.75, 3.05) is 6.61 Å². The zero-order chi connectivity index (χ0) is 15.9. The lowest BCUT2D eigenvalue weighted by atomic mass is 10.1. The highest BCUT2D eigenvalue weighted by Gasteiger charge is 2.15. The Morgan fingerprint density at radius 2 is 2.32 bits per heavy atom. The smallest absolute Gasteiger partial charge is 0.323 e. The third kappa shape index (κ3) is 4.98. The number of nitrogens with zero attached hydrogens (tertiary/aromatic N) is 1. The Hall–Kier alpha value is -1.63. The molecule has 0 saturated carbocycles. The molecule has 0 aliphatic heterocycles. The molecule has 1 aromatic heterocycles. The van der Waals surface area contributed by atoms with Gasteiger partial charge in [-0.25, -0.2) is 4.98 Å². The highest BCUT2D eigenvalue weighted by molar-refractivity contribution is 7.15. The minimum absolute atomic E-state index is 0.326. The van der Waals surface area contributed by atoms with Crippen molar-refractivity contribution >= 4 is 28.9 Å². The molecule has 0 fully saturated rings. The van der Waals surface area contributed by atoms with Gasteiger partial charge in [0.25, 0.3) is 0 Å². The number of benzene rings is 1. The molecule has 2 rings (SSSR count). The first-order valence-electron chi connectivity index (χ1n) is 6.82. The Kier molecular flexibility index (Phi) is 6.18. The van der Waals surface area contributed by atoms with Gasteiger partial charge in [0.1, 0.15) is 18.4 Å². The summed E-state index contributed by atoms with van der Waals surface area (Å²) in [6, 6.07) is 6.80. The van der Waals surface area contributed by atoms with Gasteiger partial charge in [0, 0.05) is 6.20 Å². The van der Waals surface area contributed by atoms with Crippen molar-refractivity contribution < 1.29 is 14.3 Å². The summed E-state index contributed by atoms with van der Waals surface area (Å²) >= 11 is 7.15. The second-order valence-electron chi connectivity index (χ2n) is 4.58. The average Bonchev–Trinajstić information content (AvgIpc) is 2.91. The van der Waals surface area contributed by atoms with E-state index in [1.165, 1.54) is 11.3 Å². The van der Waals surface area contributed by atoms with Gasteiger partial charge < -0.3 is 15.2 Å². The Balaban J connectivity index is 1.93. The molecule has 7 heteroatoms. The van der Waals surface area contributed by atoms with Crippen molar-refractivity contribution in [2.45, 2.75) is 26.0 Å². The monoisotopic (exact) mass is 340 g/mol. The Morgan fingerprint density at radius 3 is 3.00 bits per heavy atom. The highest BCUT2D eigenvalue weighted by Crippen LogP contribution is 2.21. The maximum absolute atomic E-state index is 11.5. The zero-order valence-electron chi connectivity index (χ0n) is 12.1. The number of aromatic nitrogens is 1. The Bertz CT molecular complexity index is 633. The number of carbonyl (C=O) groups is 1. The number of hydrogen-bond donors (Lipinski definition) is 1. The van der Waals surface area contributed by atoms with Crippen molar-refractivity contribution in [1.82, 2.24) is 4.98 Å². The van der Waals surface area contributed by atoms with Gasteiger partial charge in [-0.05, 0) is 31.0 Å². The van der Waals surface area contributed by atoms with E-state index < -0.39 is 12.0 Å². The molecule has 0 aliphatic rings. The molecule has 0 bridgehead atoms. The van der Waals surface area contributed by atoms with Crippen LogP contribution in [-0.4, -0.2) is 23.6 Å². The van der Waals surface area contributed by atoms with Crippen molar-refractivity contribution in [3.8, 4) is 5.75 Å². The van der Waals surface area contributed by atoms with E-state index in [1.807, 2.05) is 24.3 Å². The minimum atomic E-state index is -0.671. The molecule has 2 N–H and O–H groups in total. The molecular formula is C15H17ClN2O3S. The fourth-order valence-corrected chi connectivity index (χ4v) is 2.74. The highest BCUT2D eigenvalue weighted by atomic mass is 35.5. The molecular weight excluding hydrogens is 324 g/mol. The van der Waals surface area contributed by atoms with Crippen molar-refractivity contribution in [2.24, 2.45) is 5.73 Å². The topological polar surface area (TPSA) is 74.4 Å². The van der Waals surface area contributed by atoms with Crippen LogP contribution < -0.4 is 10.5 Å². The molecule has 0 saturated heterocycles. The van der Waals surface area contributed by atoms with Gasteiger partial charge in [-0.1, -0.05) is 23.7 Å². The van der Waals surface area contributed by atoms with E-state index in [0.717, 1.165) is 10.4 Å². The summed E-state index contributed by atoms with van der Waals surface area (Å²) in [7, 11) is 0. The van der Waals surface area contributed by atoms with E-state index in [4.69, 9.17) is 26.8 Å². The summed E-state index contributed by atoms with van der Waals surface area (Å²) < 4.78 is 11.1. The molecule has 1 atom stereocenters. The van der Waals surface area contributed by atoms with Crippen LogP contribution in [0.3, 0.4) is 0 Å². The number of carbonyl (C=O) groups excluding carboxylic acids is 1. The molecule has 118 valence electrons. The zero-order valence-corrected chi connectivity index (χ0v) is 13.7. The summed E-state index contributed by atoms with van der Waals surface area (Å²) in [6.07, 6.45) is 2.09. The Labute approximate surface area is 138 Å². The van der Waals surface area contributed by atoms with Crippen LogP contribution in [0.25, 0.3) is 0 Å². The molecule has 0 amide bonds. The summed E-state index contributed by atoms with van der Waals surface area (Å²) in [5, 5.41) is 0. The normalized spacial score (nSPS) is 12.0. The first-order chi connectivity index (χ1) is 10.6. The van der Waals surface area contributed by atoms with Gasteiger partial charge in [0.05, 0.1) is 11.5 Å². The number of halogens is 1. The van der Waals surface area contributed by atoms with Crippen LogP contribution in [0.5, 0.6) is 5.75 Å². The molecule has 2 aromatic rings. The fraction of sp³-hybridized carbons (Fsp3) is 0.333. The van der Waals surface area contributed by atoms with Crippen LogP contribution in [0.1, 0.15) is 17.4 Å². The first-order valence-corrected chi connectivity index (χ1v) is 8.02. The molecule has 1 aromatic carbocycles. The molecule has 0 spiro atoms. The van der Waals surface area contributed by atoms with Crippen LogP contribution >= 0.6 is 22.9 Å². The van der Waals surface area contributed by atoms with E-state index in [-0.39, 0.29) is 0 Å². The van der Waals surface area contributed by atoms with Gasteiger partial charge in [0.15, 0.2) is 4.47 Å². The molecule has 0 aliphatic carbocycles. The maximum Gasteiger partial charge on any atom is 0.323 e. The van der Waals surface area contributed by atoms with Gasteiger partial charge in [0.2, 0.25) is 0 Å². The molecule has 0 radical (unpaired) electrons. The molecule has 5 nitrogen and oxygen atoms in total. The van der Waals surface area contributed by atoms with Crippen molar-refractivity contribution in [3.05, 3.63) is 45.4 Å². The average molecular weight is 341 g/mol. The predicted octanol–water partition coefficient (Wildman–Crippen LogP) is 2.81. The third-order valence-corrected chi connectivity index (χ3v) is 3.94. The summed E-state index contributed by atoms with van der Waals surface area (Å²) in [5.74, 6) is 0.311. The lowest BCUT2D eigenvalue weighted by Gasteiger charge is -2.11. The predicted molar refractivity (Wildman–Crippen MR) is 86.2 cm³/mol. The SMILES string of the molecule is CCOC(=O)C(N)Cc1cccc(OCc2cnc(Cl)s2)c1. The number of nitrogens with two attached hydrogens (primary N) is 1. The molecule has 1 unspecified atom stereocenters. The van der Waals surface area contributed by atoms with Gasteiger partial charge in [-0.15, -0.1) is 11.3 Å². The summed E-state index contributed by atoms with van der Waals surface area (Å²) in [4.78, 5) is 16.5. The van der Waals surface area contributed by atoms with Crippen LogP contribution in [0, 0.1) is 0 Å². The second-order valence-corrected chi connectivity index (χ2v) is 6.28. The lowest BCUT2D eigenvalue weighted by molar-refractivity contribution is -0.144. The first kappa shape index (κ1) is 16.7. The third-order valence-electron chi connectivity index (χ3n) is 2.85. The van der Waals surface area contributed by atoms with Crippen LogP contribution in [0.4, 0.5) is 0 Å². The number of rotatable bonds is 7. The summed E-state index contributed by atoms with van der Waals surface area (Å²) in [6.45, 7) is 2.48. The van der Waals surface area contributed by atoms with E-state index in [9.17, 15) is 4.79 Å². The van der Waals surface area contributed by atoms with E-state index in [1.54, 1.807) is 13.1 Å². The Morgan fingerprint density at radius 1 is 1.50 bits per heavy atom.